The molecule has 0 aliphatic carbocycles. The third kappa shape index (κ3) is 33.1. The van der Waals surface area contributed by atoms with E-state index in [1.807, 2.05) is 6.92 Å². The lowest BCUT2D eigenvalue weighted by Gasteiger charge is -2.05. The van der Waals surface area contributed by atoms with Crippen LogP contribution >= 0.6 is 0 Å². The maximum absolute atomic E-state index is 11.5. The molecule has 0 unspecified atom stereocenters. The molecule has 0 heterocycles. The Kier molecular flexibility index (Phi) is 33.0. The predicted molar refractivity (Wildman–Crippen MR) is 146 cm³/mol. The van der Waals surface area contributed by atoms with Crippen molar-refractivity contribution >= 4 is 11.9 Å². The van der Waals surface area contributed by atoms with Gasteiger partial charge in [-0.1, -0.05) is 130 Å². The quantitative estimate of drug-likeness (QED) is 0.101. The van der Waals surface area contributed by atoms with Crippen molar-refractivity contribution < 1.29 is 19.1 Å². The average molecular weight is 485 g/mol. The number of rotatable bonds is 24. The molecule has 0 saturated heterocycles. The molecule has 0 spiro atoms. The molecule has 0 aromatic rings. The van der Waals surface area contributed by atoms with Crippen molar-refractivity contribution in [3.05, 3.63) is 0 Å². The highest BCUT2D eigenvalue weighted by atomic mass is 16.5. The van der Waals surface area contributed by atoms with Crippen molar-refractivity contribution in [2.24, 2.45) is 0 Å². The summed E-state index contributed by atoms with van der Waals surface area (Å²) in [6.07, 6.45) is 26.2. The van der Waals surface area contributed by atoms with Crippen molar-refractivity contribution in [3.8, 4) is 0 Å². The van der Waals surface area contributed by atoms with Crippen molar-refractivity contribution in [1.29, 1.82) is 0 Å². The number of esters is 2. The Balaban J connectivity index is 0. The van der Waals surface area contributed by atoms with E-state index in [1.54, 1.807) is 0 Å². The molecule has 0 saturated carbocycles. The summed E-state index contributed by atoms with van der Waals surface area (Å²) in [5, 5.41) is 0. The summed E-state index contributed by atoms with van der Waals surface area (Å²) >= 11 is 0. The van der Waals surface area contributed by atoms with Gasteiger partial charge in [-0.3, -0.25) is 9.59 Å². The number of unbranched alkanes of at least 4 members (excludes halogenated alkanes) is 17. The normalized spacial score (nSPS) is 10.5. The van der Waals surface area contributed by atoms with Crippen LogP contribution in [-0.2, 0) is 19.1 Å². The second-order valence-electron chi connectivity index (χ2n) is 9.54. The lowest BCUT2D eigenvalue weighted by atomic mass is 10.1. The topological polar surface area (TPSA) is 52.6 Å². The summed E-state index contributed by atoms with van der Waals surface area (Å²) in [4.78, 5) is 22.4. The first-order valence-corrected chi connectivity index (χ1v) is 14.9. The Morgan fingerprint density at radius 3 is 1.12 bits per heavy atom. The van der Waals surface area contributed by atoms with Crippen LogP contribution < -0.4 is 0 Å². The van der Waals surface area contributed by atoms with E-state index in [0.717, 1.165) is 19.3 Å². The monoisotopic (exact) mass is 484 g/mol. The van der Waals surface area contributed by atoms with Crippen LogP contribution in [0.4, 0.5) is 0 Å². The largest absolute Gasteiger partial charge is 0.466 e. The molecular formula is C30H60O4. The molecule has 0 radical (unpaired) electrons. The zero-order valence-electron chi connectivity index (χ0n) is 23.6. The van der Waals surface area contributed by atoms with Gasteiger partial charge in [0.05, 0.1) is 13.2 Å². The molecule has 4 heteroatoms. The molecule has 0 bridgehead atoms. The van der Waals surface area contributed by atoms with Gasteiger partial charge in [0, 0.05) is 12.8 Å². The van der Waals surface area contributed by atoms with Crippen LogP contribution in [0.3, 0.4) is 0 Å². The van der Waals surface area contributed by atoms with Crippen LogP contribution in [0.25, 0.3) is 0 Å². The maximum atomic E-state index is 11.5. The van der Waals surface area contributed by atoms with Gasteiger partial charge < -0.3 is 9.47 Å². The molecule has 0 fully saturated rings. The fourth-order valence-electron chi connectivity index (χ4n) is 3.83. The molecule has 34 heavy (non-hydrogen) atoms. The van der Waals surface area contributed by atoms with E-state index in [4.69, 9.17) is 9.47 Å². The van der Waals surface area contributed by atoms with Crippen LogP contribution in [0.2, 0.25) is 0 Å². The van der Waals surface area contributed by atoms with Gasteiger partial charge in [-0.2, -0.15) is 0 Å². The Labute approximate surface area is 213 Å². The third-order valence-electron chi connectivity index (χ3n) is 6.04. The van der Waals surface area contributed by atoms with Crippen molar-refractivity contribution in [3.63, 3.8) is 0 Å². The number of hydrogen-bond acceptors (Lipinski definition) is 4. The van der Waals surface area contributed by atoms with Gasteiger partial charge in [0.1, 0.15) is 0 Å². The molecule has 0 aliphatic heterocycles. The molecule has 0 amide bonds. The Hall–Kier alpha value is -1.06. The first-order valence-electron chi connectivity index (χ1n) is 14.9. The molecule has 0 rings (SSSR count). The van der Waals surface area contributed by atoms with Crippen molar-refractivity contribution in [2.45, 2.75) is 169 Å². The van der Waals surface area contributed by atoms with E-state index in [0.29, 0.717) is 26.1 Å². The van der Waals surface area contributed by atoms with E-state index >= 15 is 0 Å². The molecule has 204 valence electrons. The van der Waals surface area contributed by atoms with E-state index in [-0.39, 0.29) is 11.9 Å². The maximum Gasteiger partial charge on any atom is 0.305 e. The second-order valence-corrected chi connectivity index (χ2v) is 9.54. The average Bonchev–Trinajstić information content (AvgIpc) is 2.83. The lowest BCUT2D eigenvalue weighted by Crippen LogP contribution is -2.05. The van der Waals surface area contributed by atoms with Gasteiger partial charge in [0.15, 0.2) is 0 Å². The van der Waals surface area contributed by atoms with E-state index < -0.39 is 0 Å². The molecule has 0 N–H and O–H groups in total. The summed E-state index contributed by atoms with van der Waals surface area (Å²) in [7, 11) is 0. The van der Waals surface area contributed by atoms with Crippen molar-refractivity contribution in [2.75, 3.05) is 13.2 Å². The highest BCUT2D eigenvalue weighted by molar-refractivity contribution is 5.69. The molecule has 0 atom stereocenters. The van der Waals surface area contributed by atoms with Crippen LogP contribution in [0, 0.1) is 0 Å². The van der Waals surface area contributed by atoms with Gasteiger partial charge in [-0.05, 0) is 26.2 Å². The van der Waals surface area contributed by atoms with Crippen LogP contribution in [0.1, 0.15) is 169 Å². The van der Waals surface area contributed by atoms with Gasteiger partial charge >= 0.3 is 11.9 Å². The second kappa shape index (κ2) is 31.9. The molecular weight excluding hydrogens is 424 g/mol. The predicted octanol–water partition coefficient (Wildman–Crippen LogP) is 9.72. The summed E-state index contributed by atoms with van der Waals surface area (Å²) in [6.45, 7) is 9.65. The molecule has 4 nitrogen and oxygen atoms in total. The number of carbonyl (C=O) groups excluding carboxylic acids is 2. The van der Waals surface area contributed by atoms with Gasteiger partial charge in [0.25, 0.3) is 0 Å². The smallest absolute Gasteiger partial charge is 0.305 e. The first-order chi connectivity index (χ1) is 16.6. The van der Waals surface area contributed by atoms with Crippen LogP contribution in [-0.4, -0.2) is 25.2 Å². The first kappa shape index (κ1) is 35.1. The number of hydrogen-bond donors (Lipinski definition) is 0. The number of ether oxygens (including phenoxy) is 2. The molecule has 0 aromatic heterocycles. The minimum Gasteiger partial charge on any atom is -0.466 e. The fraction of sp³-hybridized carbons (Fsp3) is 0.933. The summed E-state index contributed by atoms with van der Waals surface area (Å²) in [6, 6.07) is 0. The number of carbonyl (C=O) groups is 2. The van der Waals surface area contributed by atoms with Gasteiger partial charge in [0.2, 0.25) is 0 Å². The minimum absolute atomic E-state index is 0.00412. The Bertz CT molecular complexity index is 409. The zero-order valence-corrected chi connectivity index (χ0v) is 23.6. The zero-order chi connectivity index (χ0) is 25.5. The lowest BCUT2D eigenvalue weighted by molar-refractivity contribution is -0.144. The highest BCUT2D eigenvalue weighted by Crippen LogP contribution is 2.11. The third-order valence-corrected chi connectivity index (χ3v) is 6.04. The summed E-state index contributed by atoms with van der Waals surface area (Å²) < 4.78 is 10.1. The van der Waals surface area contributed by atoms with E-state index in [2.05, 4.69) is 20.8 Å². The van der Waals surface area contributed by atoms with Crippen molar-refractivity contribution in [1.82, 2.24) is 0 Å². The standard InChI is InChI=1S/C18H36O2.C12H24O2/c1-3-5-7-9-10-11-12-13-14-16-18(19)20-17-15-8-6-4-2;1-3-5-6-7-8-9-10-11-12(13)14-4-2/h3-17H2,1-2H3;3-11H2,1-2H3. The van der Waals surface area contributed by atoms with Crippen LogP contribution in [0.5, 0.6) is 0 Å². The fourth-order valence-corrected chi connectivity index (χ4v) is 3.83. The van der Waals surface area contributed by atoms with Gasteiger partial charge in [-0.15, -0.1) is 0 Å². The Morgan fingerprint density at radius 1 is 0.412 bits per heavy atom. The minimum atomic E-state index is -0.0407. The summed E-state index contributed by atoms with van der Waals surface area (Å²) in [5.74, 6) is -0.0366. The van der Waals surface area contributed by atoms with E-state index in [1.165, 1.54) is 109 Å². The summed E-state index contributed by atoms with van der Waals surface area (Å²) in [5.41, 5.74) is 0. The molecule has 0 aliphatic rings. The Morgan fingerprint density at radius 2 is 0.735 bits per heavy atom. The van der Waals surface area contributed by atoms with Gasteiger partial charge in [-0.25, -0.2) is 0 Å². The SMILES string of the molecule is CCCCCCCCCC(=O)OCC.CCCCCCCCCCCC(=O)OCCCCCC. The molecule has 0 aromatic carbocycles. The van der Waals surface area contributed by atoms with Crippen LogP contribution in [0.15, 0.2) is 0 Å². The highest BCUT2D eigenvalue weighted by Gasteiger charge is 2.02. The van der Waals surface area contributed by atoms with E-state index in [9.17, 15) is 9.59 Å².